The van der Waals surface area contributed by atoms with Crippen molar-refractivity contribution < 1.29 is 5.11 Å². The summed E-state index contributed by atoms with van der Waals surface area (Å²) >= 11 is 0. The fraction of sp³-hybridized carbons (Fsp3) is 0.333. The third kappa shape index (κ3) is 5.27. The van der Waals surface area contributed by atoms with E-state index in [-0.39, 0.29) is 0 Å². The third-order valence-electron chi connectivity index (χ3n) is 1.28. The minimum absolute atomic E-state index is 0.337. The van der Waals surface area contributed by atoms with Gasteiger partial charge in [-0.1, -0.05) is 12.2 Å². The Morgan fingerprint density at radius 3 is 2.18 bits per heavy atom. The Balaban J connectivity index is 4.16. The summed E-state index contributed by atoms with van der Waals surface area (Å²) in [6.45, 7) is 5.30. The van der Waals surface area contributed by atoms with Gasteiger partial charge in [-0.15, -0.1) is 0 Å². The van der Waals surface area contributed by atoms with Crippen LogP contribution in [0.15, 0.2) is 35.3 Å². The van der Waals surface area contributed by atoms with E-state index in [0.29, 0.717) is 5.76 Å². The highest BCUT2D eigenvalue weighted by Gasteiger charge is 1.85. The summed E-state index contributed by atoms with van der Waals surface area (Å²) in [5.41, 5.74) is 6.99. The fourth-order valence-electron chi connectivity index (χ4n) is 0.465. The van der Waals surface area contributed by atoms with E-state index >= 15 is 0 Å². The molecule has 0 unspecified atom stereocenters. The maximum absolute atomic E-state index is 8.96. The number of allylic oxidation sites excluding steroid dienone is 6. The van der Waals surface area contributed by atoms with Crippen LogP contribution in [0.25, 0.3) is 0 Å². The molecule has 0 radical (unpaired) electrons. The van der Waals surface area contributed by atoms with Crippen LogP contribution >= 0.6 is 0 Å². The maximum Gasteiger partial charge on any atom is 0.0920 e. The van der Waals surface area contributed by atoms with E-state index in [4.69, 9.17) is 10.8 Å². The number of nitrogens with two attached hydrogens (primary N) is 1. The first-order chi connectivity index (χ1) is 5.04. The molecular formula is C9H15NO. The highest BCUT2D eigenvalue weighted by molar-refractivity contribution is 5.22. The molecule has 0 amide bonds. The van der Waals surface area contributed by atoms with Crippen molar-refractivity contribution in [1.29, 1.82) is 0 Å². The van der Waals surface area contributed by atoms with Gasteiger partial charge in [0, 0.05) is 5.70 Å². The van der Waals surface area contributed by atoms with E-state index in [0.717, 1.165) is 11.3 Å². The Kier molecular flexibility index (Phi) is 4.11. The lowest BCUT2D eigenvalue weighted by molar-refractivity contribution is 0.409. The molecule has 0 saturated carbocycles. The number of rotatable bonds is 2. The molecule has 0 aliphatic heterocycles. The molecule has 0 spiro atoms. The van der Waals surface area contributed by atoms with Crippen LogP contribution in [0.5, 0.6) is 0 Å². The van der Waals surface area contributed by atoms with E-state index in [1.807, 2.05) is 26.0 Å². The van der Waals surface area contributed by atoms with Crippen LogP contribution in [-0.2, 0) is 0 Å². The van der Waals surface area contributed by atoms with Crippen molar-refractivity contribution in [2.24, 2.45) is 5.73 Å². The van der Waals surface area contributed by atoms with Crippen molar-refractivity contribution in [3.8, 4) is 0 Å². The Morgan fingerprint density at radius 1 is 1.27 bits per heavy atom. The van der Waals surface area contributed by atoms with Gasteiger partial charge < -0.3 is 10.8 Å². The van der Waals surface area contributed by atoms with Gasteiger partial charge in [-0.05, 0) is 32.4 Å². The Labute approximate surface area is 67.7 Å². The van der Waals surface area contributed by atoms with Crippen molar-refractivity contribution >= 4 is 0 Å². The van der Waals surface area contributed by atoms with Crippen molar-refractivity contribution in [3.63, 3.8) is 0 Å². The first-order valence-corrected chi connectivity index (χ1v) is 3.51. The fourth-order valence-corrected chi connectivity index (χ4v) is 0.465. The van der Waals surface area contributed by atoms with Crippen LogP contribution in [0.3, 0.4) is 0 Å². The summed E-state index contributed by atoms with van der Waals surface area (Å²) in [6, 6.07) is 0. The molecule has 3 N–H and O–H groups in total. The average Bonchev–Trinajstić information content (AvgIpc) is 1.86. The highest BCUT2D eigenvalue weighted by Crippen LogP contribution is 2.00. The van der Waals surface area contributed by atoms with Crippen molar-refractivity contribution in [2.45, 2.75) is 20.8 Å². The lowest BCUT2D eigenvalue weighted by Gasteiger charge is -1.92. The van der Waals surface area contributed by atoms with Gasteiger partial charge in [0.2, 0.25) is 0 Å². The molecule has 0 bridgehead atoms. The SMILES string of the molecule is C\C(N)=C/C=C\C(C)=C(/C)O. The van der Waals surface area contributed by atoms with Crippen molar-refractivity contribution in [1.82, 2.24) is 0 Å². The molecule has 0 saturated heterocycles. The zero-order chi connectivity index (χ0) is 8.85. The Hall–Kier alpha value is -1.18. The van der Waals surface area contributed by atoms with E-state index < -0.39 is 0 Å². The quantitative estimate of drug-likeness (QED) is 0.472. The molecule has 62 valence electrons. The molecule has 2 nitrogen and oxygen atoms in total. The summed E-state index contributed by atoms with van der Waals surface area (Å²) < 4.78 is 0. The highest BCUT2D eigenvalue weighted by atomic mass is 16.3. The lowest BCUT2D eigenvalue weighted by Crippen LogP contribution is -1.87. The summed E-state index contributed by atoms with van der Waals surface area (Å²) in [6.07, 6.45) is 5.41. The van der Waals surface area contributed by atoms with Gasteiger partial charge in [0.1, 0.15) is 0 Å². The average molecular weight is 153 g/mol. The van der Waals surface area contributed by atoms with E-state index in [9.17, 15) is 0 Å². The van der Waals surface area contributed by atoms with Gasteiger partial charge >= 0.3 is 0 Å². The number of hydrogen-bond donors (Lipinski definition) is 2. The van der Waals surface area contributed by atoms with Crippen LogP contribution in [0.1, 0.15) is 20.8 Å². The third-order valence-corrected chi connectivity index (χ3v) is 1.28. The summed E-state index contributed by atoms with van der Waals surface area (Å²) in [7, 11) is 0. The molecule has 0 heterocycles. The van der Waals surface area contributed by atoms with Crippen LogP contribution in [-0.4, -0.2) is 5.11 Å². The second-order valence-corrected chi connectivity index (χ2v) is 2.54. The minimum Gasteiger partial charge on any atom is -0.512 e. The van der Waals surface area contributed by atoms with Gasteiger partial charge in [-0.3, -0.25) is 0 Å². The largest absolute Gasteiger partial charge is 0.512 e. The van der Waals surface area contributed by atoms with Gasteiger partial charge in [0.25, 0.3) is 0 Å². The van der Waals surface area contributed by atoms with E-state index in [2.05, 4.69) is 0 Å². The second-order valence-electron chi connectivity index (χ2n) is 2.54. The number of aliphatic hydroxyl groups is 1. The normalized spacial score (nSPS) is 15.4. The van der Waals surface area contributed by atoms with Crippen LogP contribution in [0.2, 0.25) is 0 Å². The first kappa shape index (κ1) is 9.82. The smallest absolute Gasteiger partial charge is 0.0920 e. The standard InChI is InChI=1S/C9H15NO/c1-7(9(3)11)5-4-6-8(2)10/h4-6,11H,10H2,1-3H3/b5-4-,8-6+,9-7+. The van der Waals surface area contributed by atoms with Gasteiger partial charge in [-0.25, -0.2) is 0 Å². The molecule has 0 aliphatic carbocycles. The summed E-state index contributed by atoms with van der Waals surface area (Å²) in [4.78, 5) is 0. The molecule has 11 heavy (non-hydrogen) atoms. The monoisotopic (exact) mass is 153 g/mol. The predicted octanol–water partition coefficient (Wildman–Crippen LogP) is 2.26. The number of aliphatic hydroxyl groups excluding tert-OH is 1. The molecule has 2 heteroatoms. The van der Waals surface area contributed by atoms with Crippen LogP contribution in [0, 0.1) is 0 Å². The van der Waals surface area contributed by atoms with Gasteiger partial charge in [0.05, 0.1) is 5.76 Å². The Bertz CT molecular complexity index is 204. The number of hydrogen-bond acceptors (Lipinski definition) is 2. The Morgan fingerprint density at radius 2 is 1.82 bits per heavy atom. The minimum atomic E-state index is 0.337. The zero-order valence-electron chi connectivity index (χ0n) is 7.26. The van der Waals surface area contributed by atoms with Crippen molar-refractivity contribution in [2.75, 3.05) is 0 Å². The predicted molar refractivity (Wildman–Crippen MR) is 48.1 cm³/mol. The van der Waals surface area contributed by atoms with E-state index in [1.165, 1.54) is 0 Å². The topological polar surface area (TPSA) is 46.2 Å². The molecule has 0 fully saturated rings. The second kappa shape index (κ2) is 4.61. The maximum atomic E-state index is 8.96. The summed E-state index contributed by atoms with van der Waals surface area (Å²) in [5.74, 6) is 0.337. The molecule has 0 aliphatic rings. The lowest BCUT2D eigenvalue weighted by atomic mass is 10.2. The van der Waals surface area contributed by atoms with Crippen molar-refractivity contribution in [3.05, 3.63) is 35.3 Å². The molecule has 0 rings (SSSR count). The van der Waals surface area contributed by atoms with E-state index in [1.54, 1.807) is 13.0 Å². The van der Waals surface area contributed by atoms with Gasteiger partial charge in [0.15, 0.2) is 0 Å². The molecule has 0 aromatic heterocycles. The molecule has 0 aromatic rings. The molecule has 0 atom stereocenters. The van der Waals surface area contributed by atoms with Gasteiger partial charge in [-0.2, -0.15) is 0 Å². The first-order valence-electron chi connectivity index (χ1n) is 3.51. The summed E-state index contributed by atoms with van der Waals surface area (Å²) in [5, 5.41) is 8.96. The molecule has 0 aromatic carbocycles. The zero-order valence-corrected chi connectivity index (χ0v) is 7.26. The van der Waals surface area contributed by atoms with Crippen LogP contribution < -0.4 is 5.73 Å². The van der Waals surface area contributed by atoms with Crippen LogP contribution in [0.4, 0.5) is 0 Å². The molecular weight excluding hydrogens is 138 g/mol.